The molecule has 2 rings (SSSR count). The highest BCUT2D eigenvalue weighted by Crippen LogP contribution is 2.23. The van der Waals surface area contributed by atoms with Gasteiger partial charge in [-0.1, -0.05) is 13.8 Å². The highest BCUT2D eigenvalue weighted by atomic mass is 16.2. The van der Waals surface area contributed by atoms with Crippen molar-refractivity contribution < 1.29 is 4.79 Å². The minimum atomic E-state index is 0.0698. The molecule has 5 heteroatoms. The van der Waals surface area contributed by atoms with E-state index in [4.69, 9.17) is 5.84 Å². The number of piperidine rings is 1. The SMILES string of the molecule is Cc1cc(C(=O)N2CC(C)CC(C)C2)cc(NN)n1. The Hall–Kier alpha value is -1.62. The lowest BCUT2D eigenvalue weighted by molar-refractivity contribution is 0.0623. The van der Waals surface area contributed by atoms with Crippen LogP contribution in [0.1, 0.15) is 36.3 Å². The van der Waals surface area contributed by atoms with E-state index in [-0.39, 0.29) is 5.91 Å². The summed E-state index contributed by atoms with van der Waals surface area (Å²) in [6.45, 7) is 7.91. The molecular weight excluding hydrogens is 240 g/mol. The zero-order valence-electron chi connectivity index (χ0n) is 11.8. The summed E-state index contributed by atoms with van der Waals surface area (Å²) in [5, 5.41) is 0. The van der Waals surface area contributed by atoms with Gasteiger partial charge in [-0.25, -0.2) is 10.8 Å². The second-order valence-electron chi connectivity index (χ2n) is 5.68. The fourth-order valence-electron chi connectivity index (χ4n) is 2.88. The number of anilines is 1. The molecule has 2 heterocycles. The van der Waals surface area contributed by atoms with Crippen LogP contribution in [0, 0.1) is 18.8 Å². The number of nitrogens with zero attached hydrogens (tertiary/aromatic N) is 2. The van der Waals surface area contributed by atoms with E-state index < -0.39 is 0 Å². The first-order chi connectivity index (χ1) is 8.99. The maximum atomic E-state index is 12.5. The highest BCUT2D eigenvalue weighted by molar-refractivity contribution is 5.95. The molecule has 104 valence electrons. The molecule has 0 aromatic carbocycles. The van der Waals surface area contributed by atoms with Crippen LogP contribution in [0.3, 0.4) is 0 Å². The molecule has 1 aromatic rings. The van der Waals surface area contributed by atoms with Crippen LogP contribution in [-0.2, 0) is 0 Å². The molecule has 1 saturated heterocycles. The zero-order valence-corrected chi connectivity index (χ0v) is 11.8. The molecule has 1 fully saturated rings. The quantitative estimate of drug-likeness (QED) is 0.629. The number of hydrazine groups is 1. The van der Waals surface area contributed by atoms with Crippen molar-refractivity contribution in [3.8, 4) is 0 Å². The van der Waals surface area contributed by atoms with Gasteiger partial charge in [0.05, 0.1) is 0 Å². The summed E-state index contributed by atoms with van der Waals surface area (Å²) in [5.41, 5.74) is 3.94. The van der Waals surface area contributed by atoms with Crippen LogP contribution in [0.5, 0.6) is 0 Å². The van der Waals surface area contributed by atoms with E-state index in [1.54, 1.807) is 6.07 Å². The van der Waals surface area contributed by atoms with Crippen molar-refractivity contribution in [1.29, 1.82) is 0 Å². The fourth-order valence-corrected chi connectivity index (χ4v) is 2.88. The van der Waals surface area contributed by atoms with Crippen LogP contribution < -0.4 is 11.3 Å². The Kier molecular flexibility index (Phi) is 4.04. The van der Waals surface area contributed by atoms with Crippen molar-refractivity contribution in [2.24, 2.45) is 17.7 Å². The molecule has 5 nitrogen and oxygen atoms in total. The van der Waals surface area contributed by atoms with Gasteiger partial charge >= 0.3 is 0 Å². The zero-order chi connectivity index (χ0) is 14.0. The Bertz CT molecular complexity index is 465. The number of carbonyl (C=O) groups excluding carboxylic acids is 1. The third-order valence-corrected chi connectivity index (χ3v) is 3.50. The summed E-state index contributed by atoms with van der Waals surface area (Å²) < 4.78 is 0. The van der Waals surface area contributed by atoms with E-state index in [1.165, 1.54) is 6.42 Å². The molecule has 0 bridgehead atoms. The average molecular weight is 262 g/mol. The van der Waals surface area contributed by atoms with E-state index in [2.05, 4.69) is 24.3 Å². The van der Waals surface area contributed by atoms with Gasteiger partial charge in [-0.05, 0) is 37.3 Å². The topological polar surface area (TPSA) is 71.2 Å². The number of likely N-dealkylation sites (tertiary alicyclic amines) is 1. The first-order valence-corrected chi connectivity index (χ1v) is 6.74. The predicted octanol–water partition coefficient (Wildman–Crippen LogP) is 1.79. The molecule has 0 spiro atoms. The lowest BCUT2D eigenvalue weighted by Gasteiger charge is -2.35. The van der Waals surface area contributed by atoms with Gasteiger partial charge in [-0.2, -0.15) is 0 Å². The van der Waals surface area contributed by atoms with Gasteiger partial charge in [0.2, 0.25) is 0 Å². The van der Waals surface area contributed by atoms with E-state index >= 15 is 0 Å². The predicted molar refractivity (Wildman–Crippen MR) is 75.6 cm³/mol. The normalized spacial score (nSPS) is 23.3. The molecule has 0 aliphatic carbocycles. The monoisotopic (exact) mass is 262 g/mol. The summed E-state index contributed by atoms with van der Waals surface area (Å²) >= 11 is 0. The van der Waals surface area contributed by atoms with Gasteiger partial charge in [0, 0.05) is 24.3 Å². The largest absolute Gasteiger partial charge is 0.338 e. The second-order valence-corrected chi connectivity index (χ2v) is 5.68. The van der Waals surface area contributed by atoms with Crippen LogP contribution in [0.25, 0.3) is 0 Å². The number of rotatable bonds is 2. The molecule has 1 amide bonds. The first kappa shape index (κ1) is 13.8. The Labute approximate surface area is 114 Å². The van der Waals surface area contributed by atoms with E-state index in [0.717, 1.165) is 18.8 Å². The van der Waals surface area contributed by atoms with Crippen molar-refractivity contribution in [3.05, 3.63) is 23.4 Å². The van der Waals surface area contributed by atoms with E-state index in [1.807, 2.05) is 17.9 Å². The summed E-state index contributed by atoms with van der Waals surface area (Å²) in [6.07, 6.45) is 1.19. The third-order valence-electron chi connectivity index (χ3n) is 3.50. The Morgan fingerprint density at radius 3 is 2.58 bits per heavy atom. The molecule has 1 aromatic heterocycles. The lowest BCUT2D eigenvalue weighted by Crippen LogP contribution is -2.42. The molecule has 19 heavy (non-hydrogen) atoms. The standard InChI is InChI=1S/C14H22N4O/c1-9-4-10(2)8-18(7-9)14(19)12-5-11(3)16-13(6-12)17-15/h5-6,9-10H,4,7-8,15H2,1-3H3,(H,16,17). The summed E-state index contributed by atoms with van der Waals surface area (Å²) in [4.78, 5) is 18.7. The van der Waals surface area contributed by atoms with Gasteiger partial charge in [-0.15, -0.1) is 0 Å². The van der Waals surface area contributed by atoms with E-state index in [0.29, 0.717) is 23.2 Å². The smallest absolute Gasteiger partial charge is 0.254 e. The number of nitrogens with two attached hydrogens (primary N) is 1. The Morgan fingerprint density at radius 2 is 2.00 bits per heavy atom. The van der Waals surface area contributed by atoms with Gasteiger partial charge in [0.25, 0.3) is 5.91 Å². The molecule has 1 aliphatic heterocycles. The van der Waals surface area contributed by atoms with Crippen molar-refractivity contribution in [2.75, 3.05) is 18.5 Å². The van der Waals surface area contributed by atoms with Crippen molar-refractivity contribution in [1.82, 2.24) is 9.88 Å². The summed E-state index contributed by atoms with van der Waals surface area (Å²) in [5.74, 6) is 7.09. The summed E-state index contributed by atoms with van der Waals surface area (Å²) in [7, 11) is 0. The number of hydrogen-bond donors (Lipinski definition) is 2. The van der Waals surface area contributed by atoms with Crippen LogP contribution in [-0.4, -0.2) is 28.9 Å². The minimum Gasteiger partial charge on any atom is -0.338 e. The number of hydrogen-bond acceptors (Lipinski definition) is 4. The number of carbonyl (C=O) groups is 1. The Morgan fingerprint density at radius 1 is 1.37 bits per heavy atom. The Balaban J connectivity index is 2.21. The van der Waals surface area contributed by atoms with Gasteiger partial charge in [0.1, 0.15) is 5.82 Å². The van der Waals surface area contributed by atoms with Crippen LogP contribution in [0.2, 0.25) is 0 Å². The van der Waals surface area contributed by atoms with Crippen molar-refractivity contribution >= 4 is 11.7 Å². The number of aromatic nitrogens is 1. The molecule has 0 saturated carbocycles. The maximum Gasteiger partial charge on any atom is 0.254 e. The molecule has 3 N–H and O–H groups in total. The highest BCUT2D eigenvalue weighted by Gasteiger charge is 2.26. The minimum absolute atomic E-state index is 0.0698. The fraction of sp³-hybridized carbons (Fsp3) is 0.571. The summed E-state index contributed by atoms with van der Waals surface area (Å²) in [6, 6.07) is 3.52. The third kappa shape index (κ3) is 3.23. The number of nitrogen functional groups attached to an aromatic ring is 1. The molecule has 1 aliphatic rings. The number of aryl methyl sites for hydroxylation is 1. The number of pyridine rings is 1. The van der Waals surface area contributed by atoms with Gasteiger partial charge in [0.15, 0.2) is 0 Å². The second kappa shape index (κ2) is 5.57. The first-order valence-electron chi connectivity index (χ1n) is 6.74. The average Bonchev–Trinajstić information content (AvgIpc) is 2.35. The number of amides is 1. The van der Waals surface area contributed by atoms with Gasteiger partial charge < -0.3 is 10.3 Å². The van der Waals surface area contributed by atoms with Crippen LogP contribution >= 0.6 is 0 Å². The van der Waals surface area contributed by atoms with Crippen molar-refractivity contribution in [2.45, 2.75) is 27.2 Å². The number of nitrogens with one attached hydrogen (secondary N) is 1. The lowest BCUT2D eigenvalue weighted by atomic mass is 9.91. The molecule has 2 unspecified atom stereocenters. The van der Waals surface area contributed by atoms with E-state index in [9.17, 15) is 4.79 Å². The van der Waals surface area contributed by atoms with Crippen LogP contribution in [0.4, 0.5) is 5.82 Å². The molecule has 2 atom stereocenters. The van der Waals surface area contributed by atoms with Crippen molar-refractivity contribution in [3.63, 3.8) is 0 Å². The molecule has 0 radical (unpaired) electrons. The van der Waals surface area contributed by atoms with Crippen LogP contribution in [0.15, 0.2) is 12.1 Å². The van der Waals surface area contributed by atoms with Gasteiger partial charge in [-0.3, -0.25) is 4.79 Å². The molecular formula is C14H22N4O. The maximum absolute atomic E-state index is 12.5.